The highest BCUT2D eigenvalue weighted by Crippen LogP contribution is 2.32. The van der Waals surface area contributed by atoms with Crippen LogP contribution in [-0.2, 0) is 0 Å². The second-order valence-electron chi connectivity index (χ2n) is 5.58. The molecule has 0 rings (SSSR count). The topological polar surface area (TPSA) is 0 Å². The van der Waals surface area contributed by atoms with Gasteiger partial charge in [0.2, 0.25) is 0 Å². The minimum Gasteiger partial charge on any atom is -0.0683 e. The molecule has 0 saturated carbocycles. The van der Waals surface area contributed by atoms with E-state index < -0.39 is 0 Å². The predicted octanol–water partition coefficient (Wildman–Crippen LogP) is 7.57. The van der Waals surface area contributed by atoms with Gasteiger partial charge in [0, 0.05) is 0 Å². The Morgan fingerprint density at radius 3 is 1.21 bits per heavy atom. The van der Waals surface area contributed by atoms with Crippen LogP contribution in [0, 0.1) is 23.7 Å². The van der Waals surface area contributed by atoms with Crippen molar-refractivity contribution < 1.29 is 0 Å². The average molecular weight is 273 g/mol. The third kappa shape index (κ3) is 12.8. The molecule has 0 saturated heterocycles. The molecule has 0 radical (unpaired) electrons. The molecule has 0 amide bonds. The van der Waals surface area contributed by atoms with Crippen LogP contribution in [0.25, 0.3) is 0 Å². The van der Waals surface area contributed by atoms with Crippen LogP contribution in [0.3, 0.4) is 0 Å². The molecule has 0 N–H and O–H groups in total. The number of rotatable bonds is 8. The monoisotopic (exact) mass is 272 g/mol. The molecule has 0 bridgehead atoms. The first-order valence-corrected chi connectivity index (χ1v) is 9.06. The van der Waals surface area contributed by atoms with E-state index in [1.807, 2.05) is 27.7 Å². The lowest BCUT2D eigenvalue weighted by Crippen LogP contribution is -2.20. The number of hydrogen-bond acceptors (Lipinski definition) is 0. The van der Waals surface area contributed by atoms with Gasteiger partial charge in [0.15, 0.2) is 0 Å². The third-order valence-corrected chi connectivity index (χ3v) is 4.18. The summed E-state index contributed by atoms with van der Waals surface area (Å²) in [5.74, 6) is 3.69. The van der Waals surface area contributed by atoms with Gasteiger partial charge in [0.1, 0.15) is 0 Å². The Hall–Kier alpha value is 0. The molecule has 0 aromatic heterocycles. The molecule has 2 atom stereocenters. The Balaban J connectivity index is -0.000000579. The Bertz CT molecular complexity index is 133. The van der Waals surface area contributed by atoms with Crippen LogP contribution in [0.2, 0.25) is 0 Å². The maximum Gasteiger partial charge on any atom is -0.0386 e. The van der Waals surface area contributed by atoms with E-state index in [1.165, 1.54) is 32.1 Å². The summed E-state index contributed by atoms with van der Waals surface area (Å²) in [4.78, 5) is 0. The molecule has 0 heteroatoms. The normalized spacial score (nSPS) is 13.3. The van der Waals surface area contributed by atoms with Crippen LogP contribution in [0.1, 0.15) is 101 Å². The first-order valence-electron chi connectivity index (χ1n) is 9.06. The first kappa shape index (κ1) is 24.0. The molecule has 0 aromatic carbocycles. The molecule has 0 heterocycles. The largest absolute Gasteiger partial charge is 0.0683 e. The van der Waals surface area contributed by atoms with Crippen molar-refractivity contribution in [3.63, 3.8) is 0 Å². The molecule has 19 heavy (non-hydrogen) atoms. The molecule has 0 aliphatic rings. The van der Waals surface area contributed by atoms with Gasteiger partial charge in [-0.1, -0.05) is 94.9 Å². The van der Waals surface area contributed by atoms with Crippen LogP contribution in [0.5, 0.6) is 0 Å². The highest BCUT2D eigenvalue weighted by atomic mass is 14.3. The molecule has 0 nitrogen and oxygen atoms in total. The fourth-order valence-corrected chi connectivity index (χ4v) is 2.80. The van der Waals surface area contributed by atoms with Crippen molar-refractivity contribution in [2.24, 2.45) is 23.7 Å². The van der Waals surface area contributed by atoms with E-state index >= 15 is 0 Å². The average Bonchev–Trinajstić information content (AvgIpc) is 2.45. The Morgan fingerprint density at radius 2 is 0.947 bits per heavy atom. The Morgan fingerprint density at radius 1 is 0.579 bits per heavy atom. The standard InChI is InChI=1S/C15H32.2C2H6/c1-7-14(8-2)13(6)15(9-3)11-10-12(4)5;2*1-2/h12-15H,7-11H2,1-6H3;2*1-2H3. The van der Waals surface area contributed by atoms with E-state index in [4.69, 9.17) is 0 Å². The molecule has 0 aliphatic heterocycles. The fraction of sp³-hybridized carbons (Fsp3) is 1.00. The fourth-order valence-electron chi connectivity index (χ4n) is 2.80. The minimum atomic E-state index is 0.868. The summed E-state index contributed by atoms with van der Waals surface area (Å²) in [5, 5.41) is 0. The predicted molar refractivity (Wildman–Crippen MR) is 93.8 cm³/mol. The van der Waals surface area contributed by atoms with Crippen LogP contribution in [0.15, 0.2) is 0 Å². The minimum absolute atomic E-state index is 0.868. The van der Waals surface area contributed by atoms with E-state index in [0.717, 1.165) is 23.7 Å². The first-order chi connectivity index (χ1) is 9.06. The van der Waals surface area contributed by atoms with Crippen LogP contribution < -0.4 is 0 Å². The highest BCUT2D eigenvalue weighted by Gasteiger charge is 2.21. The van der Waals surface area contributed by atoms with Gasteiger partial charge in [-0.15, -0.1) is 0 Å². The molecular weight excluding hydrogens is 228 g/mol. The Kier molecular flexibility index (Phi) is 22.8. The van der Waals surface area contributed by atoms with Gasteiger partial charge < -0.3 is 0 Å². The van der Waals surface area contributed by atoms with Gasteiger partial charge in [0.05, 0.1) is 0 Å². The zero-order valence-electron chi connectivity index (χ0n) is 15.8. The maximum atomic E-state index is 2.48. The zero-order chi connectivity index (χ0) is 15.8. The smallest absolute Gasteiger partial charge is 0.0386 e. The summed E-state index contributed by atoms with van der Waals surface area (Å²) in [6.07, 6.45) is 6.92. The maximum absolute atomic E-state index is 2.48. The highest BCUT2D eigenvalue weighted by molar-refractivity contribution is 4.72. The molecule has 0 spiro atoms. The lowest BCUT2D eigenvalue weighted by molar-refractivity contribution is 0.208. The second kappa shape index (κ2) is 18.0. The Labute approximate surface area is 125 Å². The molecule has 0 aliphatic carbocycles. The summed E-state index contributed by atoms with van der Waals surface area (Å²) >= 11 is 0. The zero-order valence-corrected chi connectivity index (χ0v) is 15.8. The van der Waals surface area contributed by atoms with Gasteiger partial charge >= 0.3 is 0 Å². The van der Waals surface area contributed by atoms with Crippen molar-refractivity contribution in [3.05, 3.63) is 0 Å². The van der Waals surface area contributed by atoms with Gasteiger partial charge in [-0.25, -0.2) is 0 Å². The molecule has 2 unspecified atom stereocenters. The SMILES string of the molecule is CC.CC.CCC(CC)C(C)C(CC)CCC(C)C. The number of hydrogen-bond donors (Lipinski definition) is 0. The van der Waals surface area contributed by atoms with Crippen molar-refractivity contribution in [2.45, 2.75) is 101 Å². The van der Waals surface area contributed by atoms with E-state index in [9.17, 15) is 0 Å². The molecule has 0 aromatic rings. The summed E-state index contributed by atoms with van der Waals surface area (Å²) in [6.45, 7) is 22.2. The molecule has 120 valence electrons. The van der Waals surface area contributed by atoms with Crippen LogP contribution >= 0.6 is 0 Å². The third-order valence-electron chi connectivity index (χ3n) is 4.18. The van der Waals surface area contributed by atoms with Crippen molar-refractivity contribution >= 4 is 0 Å². The molecule has 0 fully saturated rings. The quantitative estimate of drug-likeness (QED) is 0.427. The lowest BCUT2D eigenvalue weighted by Gasteiger charge is -2.30. The van der Waals surface area contributed by atoms with E-state index in [2.05, 4.69) is 41.5 Å². The van der Waals surface area contributed by atoms with Crippen molar-refractivity contribution in [1.82, 2.24) is 0 Å². The summed E-state index contributed by atoms with van der Waals surface area (Å²) in [5.41, 5.74) is 0. The summed E-state index contributed by atoms with van der Waals surface area (Å²) < 4.78 is 0. The summed E-state index contributed by atoms with van der Waals surface area (Å²) in [6, 6.07) is 0. The van der Waals surface area contributed by atoms with Gasteiger partial charge in [-0.2, -0.15) is 0 Å². The second-order valence-corrected chi connectivity index (χ2v) is 5.58. The van der Waals surface area contributed by atoms with Gasteiger partial charge in [-0.05, 0) is 30.1 Å². The van der Waals surface area contributed by atoms with Gasteiger partial charge in [-0.3, -0.25) is 0 Å². The summed E-state index contributed by atoms with van der Waals surface area (Å²) in [7, 11) is 0. The van der Waals surface area contributed by atoms with E-state index in [0.29, 0.717) is 0 Å². The van der Waals surface area contributed by atoms with Crippen molar-refractivity contribution in [2.75, 3.05) is 0 Å². The van der Waals surface area contributed by atoms with E-state index in [1.54, 1.807) is 0 Å². The van der Waals surface area contributed by atoms with Crippen LogP contribution in [-0.4, -0.2) is 0 Å². The lowest BCUT2D eigenvalue weighted by atomic mass is 9.76. The van der Waals surface area contributed by atoms with Crippen molar-refractivity contribution in [1.29, 1.82) is 0 Å². The van der Waals surface area contributed by atoms with E-state index in [-0.39, 0.29) is 0 Å². The van der Waals surface area contributed by atoms with Crippen LogP contribution in [0.4, 0.5) is 0 Å². The molecular formula is C19H44. The van der Waals surface area contributed by atoms with Crippen molar-refractivity contribution in [3.8, 4) is 0 Å². The van der Waals surface area contributed by atoms with Gasteiger partial charge in [0.25, 0.3) is 0 Å².